The molecule has 1 heterocycles. The van der Waals surface area contributed by atoms with Gasteiger partial charge in [-0.25, -0.2) is 4.79 Å². The monoisotopic (exact) mass is 310 g/mol. The van der Waals surface area contributed by atoms with Crippen LogP contribution in [0.4, 0.5) is 4.79 Å². The zero-order chi connectivity index (χ0) is 16.5. The van der Waals surface area contributed by atoms with Crippen LogP contribution in [0, 0.1) is 0 Å². The van der Waals surface area contributed by atoms with Gasteiger partial charge in [0.15, 0.2) is 0 Å². The summed E-state index contributed by atoms with van der Waals surface area (Å²) in [5.74, 6) is -1.35. The van der Waals surface area contributed by atoms with Gasteiger partial charge in [-0.05, 0) is 12.8 Å². The van der Waals surface area contributed by atoms with Crippen LogP contribution in [-0.4, -0.2) is 54.1 Å². The molecule has 0 fully saturated rings. The van der Waals surface area contributed by atoms with Crippen molar-refractivity contribution in [2.45, 2.75) is 25.3 Å². The zero-order valence-corrected chi connectivity index (χ0v) is 11.9. The normalized spacial score (nSPS) is 14.8. The van der Waals surface area contributed by atoms with Crippen molar-refractivity contribution in [3.8, 4) is 0 Å². The molecule has 0 bridgehead atoms. The van der Waals surface area contributed by atoms with Crippen LogP contribution < -0.4 is 16.4 Å². The molecule has 1 aliphatic rings. The van der Waals surface area contributed by atoms with E-state index in [0.29, 0.717) is 25.7 Å². The van der Waals surface area contributed by atoms with E-state index in [-0.39, 0.29) is 13.0 Å². The number of hydrogen-bond acceptors (Lipinski definition) is 5. The first-order valence-corrected chi connectivity index (χ1v) is 6.75. The second kappa shape index (κ2) is 8.55. The number of imide groups is 1. The van der Waals surface area contributed by atoms with Crippen LogP contribution in [0.5, 0.6) is 0 Å². The number of primary amides is 1. The van der Waals surface area contributed by atoms with Crippen LogP contribution in [0.1, 0.15) is 19.3 Å². The molecule has 4 N–H and O–H groups in total. The van der Waals surface area contributed by atoms with E-state index in [1.807, 2.05) is 0 Å². The van der Waals surface area contributed by atoms with Gasteiger partial charge in [-0.3, -0.25) is 19.3 Å². The minimum atomic E-state index is -0.690. The molecule has 1 aliphatic heterocycles. The molecule has 1 unspecified atom stereocenters. The van der Waals surface area contributed by atoms with Crippen LogP contribution in [0.3, 0.4) is 0 Å². The average Bonchev–Trinajstić information content (AvgIpc) is 2.78. The molecule has 0 saturated carbocycles. The Morgan fingerprint density at radius 2 is 1.91 bits per heavy atom. The van der Waals surface area contributed by atoms with Gasteiger partial charge in [0.1, 0.15) is 6.29 Å². The summed E-state index contributed by atoms with van der Waals surface area (Å²) in [6, 6.07) is -1.34. The van der Waals surface area contributed by atoms with Crippen molar-refractivity contribution in [1.29, 1.82) is 0 Å². The Kier molecular flexibility index (Phi) is 6.74. The molecule has 0 saturated heterocycles. The van der Waals surface area contributed by atoms with Gasteiger partial charge in [-0.1, -0.05) is 0 Å². The SMILES string of the molecule is NC(=O)NCCCC(C=O)NC(=O)CCN1C(=O)C=CC1=O. The molecule has 120 valence electrons. The lowest BCUT2D eigenvalue weighted by Crippen LogP contribution is -2.40. The zero-order valence-electron chi connectivity index (χ0n) is 11.9. The third-order valence-corrected chi connectivity index (χ3v) is 2.96. The molecule has 0 spiro atoms. The lowest BCUT2D eigenvalue weighted by atomic mass is 10.1. The molecule has 0 radical (unpaired) electrons. The van der Waals surface area contributed by atoms with Crippen molar-refractivity contribution in [2.24, 2.45) is 5.73 Å². The minimum Gasteiger partial charge on any atom is -0.352 e. The van der Waals surface area contributed by atoms with Gasteiger partial charge in [0.05, 0.1) is 6.04 Å². The van der Waals surface area contributed by atoms with Crippen molar-refractivity contribution < 1.29 is 24.0 Å². The molecule has 9 nitrogen and oxygen atoms in total. The summed E-state index contributed by atoms with van der Waals surface area (Å²) < 4.78 is 0. The number of nitrogens with one attached hydrogen (secondary N) is 2. The quantitative estimate of drug-likeness (QED) is 0.268. The molecule has 1 rings (SSSR count). The predicted octanol–water partition coefficient (Wildman–Crippen LogP) is -1.57. The van der Waals surface area contributed by atoms with Crippen LogP contribution >= 0.6 is 0 Å². The Labute approximate surface area is 126 Å². The molecular formula is C13H18N4O5. The first-order chi connectivity index (χ1) is 10.4. The summed E-state index contributed by atoms with van der Waals surface area (Å²) in [4.78, 5) is 56.6. The molecule has 0 aromatic rings. The first-order valence-electron chi connectivity index (χ1n) is 6.75. The Balaban J connectivity index is 2.26. The van der Waals surface area contributed by atoms with Gasteiger partial charge in [-0.15, -0.1) is 0 Å². The fourth-order valence-corrected chi connectivity index (χ4v) is 1.85. The topological polar surface area (TPSA) is 139 Å². The second-order valence-electron chi connectivity index (χ2n) is 4.65. The van der Waals surface area contributed by atoms with Gasteiger partial charge >= 0.3 is 6.03 Å². The highest BCUT2D eigenvalue weighted by Gasteiger charge is 2.23. The maximum absolute atomic E-state index is 11.7. The van der Waals surface area contributed by atoms with E-state index < -0.39 is 29.8 Å². The molecular weight excluding hydrogens is 292 g/mol. The summed E-state index contributed by atoms with van der Waals surface area (Å²) in [6.45, 7) is 0.267. The maximum atomic E-state index is 11.7. The summed E-state index contributed by atoms with van der Waals surface area (Å²) in [7, 11) is 0. The smallest absolute Gasteiger partial charge is 0.312 e. The Morgan fingerprint density at radius 3 is 2.45 bits per heavy atom. The maximum Gasteiger partial charge on any atom is 0.312 e. The first kappa shape index (κ1) is 17.3. The van der Waals surface area contributed by atoms with Crippen molar-refractivity contribution >= 4 is 30.0 Å². The summed E-state index contributed by atoms with van der Waals surface area (Å²) in [6.07, 6.45) is 3.61. The van der Waals surface area contributed by atoms with Gasteiger partial charge in [0.2, 0.25) is 5.91 Å². The number of carbonyl (C=O) groups excluding carboxylic acids is 5. The van der Waals surface area contributed by atoms with Crippen molar-refractivity contribution in [3.63, 3.8) is 0 Å². The van der Waals surface area contributed by atoms with Crippen LogP contribution in [-0.2, 0) is 19.2 Å². The summed E-state index contributed by atoms with van der Waals surface area (Å²) in [5, 5.41) is 4.86. The van der Waals surface area contributed by atoms with Crippen LogP contribution in [0.25, 0.3) is 0 Å². The van der Waals surface area contributed by atoms with Crippen LogP contribution in [0.15, 0.2) is 12.2 Å². The molecule has 1 atom stereocenters. The fourth-order valence-electron chi connectivity index (χ4n) is 1.85. The molecule has 9 heteroatoms. The number of nitrogens with zero attached hydrogens (tertiary/aromatic N) is 1. The standard InChI is InChI=1S/C13H18N4O5/c14-13(22)15-6-1-2-9(8-18)16-10(19)5-7-17-11(20)3-4-12(17)21/h3-4,8-9H,1-2,5-7H2,(H,16,19)(H3,14,15,22). The summed E-state index contributed by atoms with van der Waals surface area (Å²) >= 11 is 0. The van der Waals surface area contributed by atoms with E-state index in [2.05, 4.69) is 10.6 Å². The van der Waals surface area contributed by atoms with Gasteiger partial charge in [0, 0.05) is 31.7 Å². The molecule has 0 aromatic carbocycles. The van der Waals surface area contributed by atoms with Gasteiger partial charge in [0.25, 0.3) is 11.8 Å². The number of nitrogens with two attached hydrogens (primary N) is 1. The highest BCUT2D eigenvalue weighted by Crippen LogP contribution is 2.04. The largest absolute Gasteiger partial charge is 0.352 e. The minimum absolute atomic E-state index is 0.0364. The average molecular weight is 310 g/mol. The Morgan fingerprint density at radius 1 is 1.27 bits per heavy atom. The molecule has 0 aromatic heterocycles. The number of aldehydes is 1. The number of hydrogen-bond donors (Lipinski definition) is 3. The molecule has 5 amide bonds. The number of carbonyl (C=O) groups is 5. The Bertz CT molecular complexity index is 485. The van der Waals surface area contributed by atoms with Crippen molar-refractivity contribution in [2.75, 3.05) is 13.1 Å². The van der Waals surface area contributed by atoms with Crippen molar-refractivity contribution in [3.05, 3.63) is 12.2 Å². The van der Waals surface area contributed by atoms with Crippen molar-refractivity contribution in [1.82, 2.24) is 15.5 Å². The Hall–Kier alpha value is -2.71. The molecule has 0 aliphatic carbocycles. The highest BCUT2D eigenvalue weighted by atomic mass is 16.2. The van der Waals surface area contributed by atoms with E-state index in [0.717, 1.165) is 17.1 Å². The van der Waals surface area contributed by atoms with E-state index in [9.17, 15) is 24.0 Å². The van der Waals surface area contributed by atoms with E-state index >= 15 is 0 Å². The summed E-state index contributed by atoms with van der Waals surface area (Å²) in [5.41, 5.74) is 4.89. The van der Waals surface area contributed by atoms with Gasteiger partial charge in [-0.2, -0.15) is 0 Å². The van der Waals surface area contributed by atoms with E-state index in [4.69, 9.17) is 5.73 Å². The fraction of sp³-hybridized carbons (Fsp3) is 0.462. The third kappa shape index (κ3) is 5.73. The van der Waals surface area contributed by atoms with Gasteiger partial charge < -0.3 is 21.2 Å². The van der Waals surface area contributed by atoms with E-state index in [1.54, 1.807) is 0 Å². The third-order valence-electron chi connectivity index (χ3n) is 2.96. The predicted molar refractivity (Wildman–Crippen MR) is 75.3 cm³/mol. The number of urea groups is 1. The van der Waals surface area contributed by atoms with E-state index in [1.165, 1.54) is 0 Å². The number of amides is 5. The second-order valence-corrected chi connectivity index (χ2v) is 4.65. The van der Waals surface area contributed by atoms with Crippen LogP contribution in [0.2, 0.25) is 0 Å². The molecule has 22 heavy (non-hydrogen) atoms. The lowest BCUT2D eigenvalue weighted by molar-refractivity contribution is -0.137. The number of rotatable bonds is 9. The lowest BCUT2D eigenvalue weighted by Gasteiger charge is -2.15. The highest BCUT2D eigenvalue weighted by molar-refractivity contribution is 6.13.